The van der Waals surface area contributed by atoms with Crippen molar-refractivity contribution >= 4 is 12.2 Å². The summed E-state index contributed by atoms with van der Waals surface area (Å²) in [5, 5.41) is 0. The van der Waals surface area contributed by atoms with Crippen LogP contribution < -0.4 is 4.90 Å². The van der Waals surface area contributed by atoms with Gasteiger partial charge in [0, 0.05) is 19.8 Å². The van der Waals surface area contributed by atoms with E-state index in [9.17, 15) is 4.79 Å². The number of rotatable bonds is 3. The highest BCUT2D eigenvalue weighted by Crippen LogP contribution is 2.07. The molecule has 0 aromatic heterocycles. The molecule has 1 aromatic rings. The molecule has 3 heteroatoms. The lowest BCUT2D eigenvalue weighted by Gasteiger charge is -2.10. The summed E-state index contributed by atoms with van der Waals surface area (Å²) in [6.07, 6.45) is 0. The Morgan fingerprint density at radius 2 is 1.86 bits per heavy atom. The van der Waals surface area contributed by atoms with Crippen LogP contribution in [0.3, 0.4) is 0 Å². The number of para-hydroxylation sites is 1. The molecule has 3 nitrogen and oxygen atoms in total. The topological polar surface area (TPSA) is 29.5 Å². The molecule has 1 rings (SSSR count). The Morgan fingerprint density at radius 3 is 2.07 bits per heavy atom. The van der Waals surface area contributed by atoms with Crippen LogP contribution in [0.2, 0.25) is 0 Å². The molecule has 0 saturated heterocycles. The largest absolute Gasteiger partial charge is 0.468 e. The van der Waals surface area contributed by atoms with Gasteiger partial charge in [-0.25, -0.2) is 0 Å². The van der Waals surface area contributed by atoms with Gasteiger partial charge in [-0.05, 0) is 19.1 Å². The van der Waals surface area contributed by atoms with E-state index in [0.717, 1.165) is 0 Å². The van der Waals surface area contributed by atoms with E-state index >= 15 is 0 Å². The van der Waals surface area contributed by atoms with Gasteiger partial charge in [-0.1, -0.05) is 18.2 Å². The molecule has 0 bridgehead atoms. The Morgan fingerprint density at radius 1 is 1.29 bits per heavy atom. The van der Waals surface area contributed by atoms with Crippen LogP contribution in [-0.2, 0) is 9.53 Å². The summed E-state index contributed by atoms with van der Waals surface area (Å²) in [7, 11) is 4.07. The molecule has 0 radical (unpaired) electrons. The summed E-state index contributed by atoms with van der Waals surface area (Å²) in [5.41, 5.74) is 1.25. The lowest BCUT2D eigenvalue weighted by atomic mass is 10.3. The lowest BCUT2D eigenvalue weighted by molar-refractivity contribution is -0.128. The number of benzene rings is 1. The maximum absolute atomic E-state index is 9.18. The Labute approximate surface area is 85.3 Å². The second-order valence-electron chi connectivity index (χ2n) is 2.78. The van der Waals surface area contributed by atoms with Crippen molar-refractivity contribution in [2.75, 3.05) is 25.6 Å². The predicted octanol–water partition coefficient (Wildman–Crippen LogP) is 1.93. The molecular weight excluding hydrogens is 178 g/mol. The van der Waals surface area contributed by atoms with Crippen molar-refractivity contribution < 1.29 is 9.53 Å². The number of ether oxygens (including phenoxy) is 1. The van der Waals surface area contributed by atoms with E-state index in [1.54, 1.807) is 6.92 Å². The van der Waals surface area contributed by atoms with Gasteiger partial charge in [-0.15, -0.1) is 0 Å². The highest BCUT2D eigenvalue weighted by Gasteiger charge is 1.87. The van der Waals surface area contributed by atoms with E-state index in [4.69, 9.17) is 0 Å². The fraction of sp³-hybridized carbons (Fsp3) is 0.364. The molecule has 0 aliphatic heterocycles. The predicted molar refractivity (Wildman–Crippen MR) is 58.5 cm³/mol. The number of carbonyl (C=O) groups is 1. The third-order valence-corrected chi connectivity index (χ3v) is 1.51. The Bertz CT molecular complexity index is 234. The number of hydrogen-bond donors (Lipinski definition) is 0. The van der Waals surface area contributed by atoms with Crippen molar-refractivity contribution in [2.45, 2.75) is 6.92 Å². The van der Waals surface area contributed by atoms with Gasteiger partial charge in [0.05, 0.1) is 6.61 Å². The first-order valence-corrected chi connectivity index (χ1v) is 4.50. The van der Waals surface area contributed by atoms with Gasteiger partial charge in [0.15, 0.2) is 0 Å². The van der Waals surface area contributed by atoms with E-state index in [2.05, 4.69) is 21.8 Å². The van der Waals surface area contributed by atoms with E-state index in [0.29, 0.717) is 13.1 Å². The zero-order valence-electron chi connectivity index (χ0n) is 8.93. The van der Waals surface area contributed by atoms with Crippen molar-refractivity contribution in [3.05, 3.63) is 30.3 Å². The highest BCUT2D eigenvalue weighted by atomic mass is 16.5. The van der Waals surface area contributed by atoms with Crippen molar-refractivity contribution in [3.8, 4) is 0 Å². The van der Waals surface area contributed by atoms with E-state index < -0.39 is 0 Å². The second kappa shape index (κ2) is 8.10. The third-order valence-electron chi connectivity index (χ3n) is 1.51. The maximum atomic E-state index is 9.18. The quantitative estimate of drug-likeness (QED) is 0.690. The molecule has 0 spiro atoms. The van der Waals surface area contributed by atoms with E-state index in [1.165, 1.54) is 5.69 Å². The standard InChI is InChI=1S/C8H11N.C3H6O2/c1-9(2)8-6-4-3-5-7-8;1-2-5-3-4/h3-7H,1-2H3;3H,2H2,1H3. The molecule has 0 fully saturated rings. The molecule has 0 amide bonds. The Balaban J connectivity index is 0.000000292. The number of carbonyl (C=O) groups excluding carboxylic acids is 1. The molecule has 14 heavy (non-hydrogen) atoms. The van der Waals surface area contributed by atoms with Crippen LogP contribution in [0.25, 0.3) is 0 Å². The summed E-state index contributed by atoms with van der Waals surface area (Å²) in [4.78, 5) is 11.3. The van der Waals surface area contributed by atoms with Gasteiger partial charge >= 0.3 is 0 Å². The SMILES string of the molecule is CCOC=O.CN(C)c1ccccc1. The number of anilines is 1. The van der Waals surface area contributed by atoms with Crippen LogP contribution in [-0.4, -0.2) is 27.2 Å². The molecule has 0 aliphatic rings. The third kappa shape index (κ3) is 6.06. The number of hydrogen-bond acceptors (Lipinski definition) is 3. The van der Waals surface area contributed by atoms with Gasteiger partial charge < -0.3 is 9.64 Å². The molecule has 0 heterocycles. The first-order chi connectivity index (χ1) is 6.72. The second-order valence-corrected chi connectivity index (χ2v) is 2.78. The van der Waals surface area contributed by atoms with Crippen LogP contribution in [0.1, 0.15) is 6.92 Å². The van der Waals surface area contributed by atoms with Crippen molar-refractivity contribution in [1.82, 2.24) is 0 Å². The Kier molecular flexibility index (Phi) is 7.23. The molecule has 0 saturated carbocycles. The molecule has 0 unspecified atom stereocenters. The first-order valence-electron chi connectivity index (χ1n) is 4.50. The van der Waals surface area contributed by atoms with Crippen LogP contribution in [0.5, 0.6) is 0 Å². The molecule has 0 atom stereocenters. The smallest absolute Gasteiger partial charge is 0.293 e. The van der Waals surface area contributed by atoms with Crippen molar-refractivity contribution in [1.29, 1.82) is 0 Å². The molecular formula is C11H17NO2. The fourth-order valence-corrected chi connectivity index (χ4v) is 0.794. The monoisotopic (exact) mass is 195 g/mol. The Hall–Kier alpha value is -1.51. The van der Waals surface area contributed by atoms with Gasteiger partial charge in [0.1, 0.15) is 0 Å². The summed E-state index contributed by atoms with van der Waals surface area (Å²) < 4.78 is 4.15. The lowest BCUT2D eigenvalue weighted by Crippen LogP contribution is -2.07. The van der Waals surface area contributed by atoms with Gasteiger partial charge in [-0.3, -0.25) is 4.79 Å². The summed E-state index contributed by atoms with van der Waals surface area (Å²) >= 11 is 0. The van der Waals surface area contributed by atoms with Crippen LogP contribution in [0.15, 0.2) is 30.3 Å². The molecule has 0 N–H and O–H groups in total. The van der Waals surface area contributed by atoms with Gasteiger partial charge in [-0.2, -0.15) is 0 Å². The zero-order chi connectivity index (χ0) is 10.8. The highest BCUT2D eigenvalue weighted by molar-refractivity contribution is 5.43. The number of nitrogens with zero attached hydrogens (tertiary/aromatic N) is 1. The fourth-order valence-electron chi connectivity index (χ4n) is 0.794. The zero-order valence-corrected chi connectivity index (χ0v) is 8.93. The van der Waals surface area contributed by atoms with Crippen molar-refractivity contribution in [2.24, 2.45) is 0 Å². The van der Waals surface area contributed by atoms with Crippen LogP contribution in [0, 0.1) is 0 Å². The minimum Gasteiger partial charge on any atom is -0.468 e. The average Bonchev–Trinajstić information content (AvgIpc) is 2.21. The van der Waals surface area contributed by atoms with Gasteiger partial charge in [0.2, 0.25) is 0 Å². The molecule has 1 aromatic carbocycles. The molecule has 78 valence electrons. The van der Waals surface area contributed by atoms with E-state index in [1.807, 2.05) is 32.3 Å². The normalized spacial score (nSPS) is 8.21. The van der Waals surface area contributed by atoms with Crippen molar-refractivity contribution in [3.63, 3.8) is 0 Å². The summed E-state index contributed by atoms with van der Waals surface area (Å²) in [6, 6.07) is 10.3. The summed E-state index contributed by atoms with van der Waals surface area (Å²) in [6.45, 7) is 2.66. The maximum Gasteiger partial charge on any atom is 0.293 e. The van der Waals surface area contributed by atoms with Crippen LogP contribution >= 0.6 is 0 Å². The van der Waals surface area contributed by atoms with Crippen LogP contribution in [0.4, 0.5) is 5.69 Å². The minimum absolute atomic E-state index is 0.431. The summed E-state index contributed by atoms with van der Waals surface area (Å²) in [5.74, 6) is 0. The first kappa shape index (κ1) is 12.5. The average molecular weight is 195 g/mol. The van der Waals surface area contributed by atoms with Gasteiger partial charge in [0.25, 0.3) is 6.47 Å². The molecule has 0 aliphatic carbocycles. The van der Waals surface area contributed by atoms with E-state index in [-0.39, 0.29) is 0 Å². The minimum atomic E-state index is 0.431.